The average molecular weight is 454 g/mol. The summed E-state index contributed by atoms with van der Waals surface area (Å²) in [6.45, 7) is 2.59. The zero-order valence-electron chi connectivity index (χ0n) is 19.9. The van der Waals surface area contributed by atoms with Gasteiger partial charge in [0, 0.05) is 67.6 Å². The number of para-hydroxylation sites is 1. The van der Waals surface area contributed by atoms with Gasteiger partial charge in [-0.05, 0) is 42.9 Å². The van der Waals surface area contributed by atoms with Gasteiger partial charge >= 0.3 is 0 Å². The summed E-state index contributed by atoms with van der Waals surface area (Å²) in [7, 11) is 3.85. The summed E-state index contributed by atoms with van der Waals surface area (Å²) in [6.07, 6.45) is 4.03. The molecule has 0 bridgehead atoms. The predicted molar refractivity (Wildman–Crippen MR) is 134 cm³/mol. The van der Waals surface area contributed by atoms with Gasteiger partial charge in [0.2, 0.25) is 0 Å². The molecule has 4 aromatic rings. The molecule has 2 aromatic carbocycles. The molecule has 1 amide bonds. The van der Waals surface area contributed by atoms with E-state index in [2.05, 4.69) is 46.3 Å². The number of fused-ring (bicyclic) bond motifs is 4. The van der Waals surface area contributed by atoms with Gasteiger partial charge in [0.1, 0.15) is 0 Å². The van der Waals surface area contributed by atoms with Crippen molar-refractivity contribution in [2.45, 2.75) is 44.8 Å². The van der Waals surface area contributed by atoms with Gasteiger partial charge in [-0.25, -0.2) is 0 Å². The molecule has 34 heavy (non-hydrogen) atoms. The molecular formula is C28H31N5O. The van der Waals surface area contributed by atoms with Gasteiger partial charge < -0.3 is 9.88 Å². The van der Waals surface area contributed by atoms with Crippen LogP contribution in [0, 0.1) is 0 Å². The summed E-state index contributed by atoms with van der Waals surface area (Å²) in [6, 6.07) is 19.2. The Morgan fingerprint density at radius 3 is 2.74 bits per heavy atom. The number of benzene rings is 2. The van der Waals surface area contributed by atoms with E-state index in [1.165, 1.54) is 27.9 Å². The van der Waals surface area contributed by atoms with E-state index < -0.39 is 0 Å². The number of aryl methyl sites for hydroxylation is 1. The zero-order chi connectivity index (χ0) is 23.2. The minimum absolute atomic E-state index is 0.0119. The summed E-state index contributed by atoms with van der Waals surface area (Å²) in [5, 5.41) is 6.07. The van der Waals surface area contributed by atoms with Crippen LogP contribution in [-0.2, 0) is 39.4 Å². The third-order valence-electron chi connectivity index (χ3n) is 7.67. The van der Waals surface area contributed by atoms with E-state index >= 15 is 0 Å². The molecule has 2 aromatic heterocycles. The van der Waals surface area contributed by atoms with Crippen LogP contribution in [0.5, 0.6) is 0 Å². The average Bonchev–Trinajstić information content (AvgIpc) is 3.41. The van der Waals surface area contributed by atoms with Crippen molar-refractivity contribution in [3.8, 4) is 0 Å². The van der Waals surface area contributed by atoms with Crippen molar-refractivity contribution >= 4 is 16.8 Å². The molecule has 1 aliphatic carbocycles. The quantitative estimate of drug-likeness (QED) is 0.506. The lowest BCUT2D eigenvalue weighted by Crippen LogP contribution is -2.42. The number of aromatic nitrogens is 3. The molecule has 6 nitrogen and oxygen atoms in total. The Labute approximate surface area is 200 Å². The third kappa shape index (κ3) is 3.62. The molecule has 0 fully saturated rings. The maximum atomic E-state index is 13.4. The monoisotopic (exact) mass is 453 g/mol. The minimum Gasteiger partial charge on any atom is -0.357 e. The van der Waals surface area contributed by atoms with Crippen LogP contribution in [0.15, 0.2) is 54.6 Å². The van der Waals surface area contributed by atoms with Gasteiger partial charge in [0.25, 0.3) is 5.91 Å². The van der Waals surface area contributed by atoms with E-state index in [4.69, 9.17) is 5.10 Å². The van der Waals surface area contributed by atoms with E-state index in [1.54, 1.807) is 4.90 Å². The number of H-pyrrole nitrogens is 1. The molecule has 1 atom stereocenters. The molecule has 3 heterocycles. The zero-order valence-corrected chi connectivity index (χ0v) is 19.9. The van der Waals surface area contributed by atoms with Crippen LogP contribution in [0.2, 0.25) is 0 Å². The fraction of sp³-hybridized carbons (Fsp3) is 0.357. The Balaban J connectivity index is 1.22. The number of rotatable bonds is 4. The first-order valence-corrected chi connectivity index (χ1v) is 12.2. The largest absolute Gasteiger partial charge is 0.357 e. The second-order valence-electron chi connectivity index (χ2n) is 9.79. The molecule has 0 saturated heterocycles. The standard InChI is InChI=1S/C28H31N5O/c1-31(17-19-8-4-3-5-9-19)28(34)27-23-16-20(12-13-26(23)32(2)30-27)33-15-14-22-21-10-6-7-11-24(21)29-25(22)18-33/h3-11,20,29H,12-18H2,1-2H3/t20-/m0/s1. The van der Waals surface area contributed by atoms with E-state index in [0.717, 1.165) is 49.9 Å². The number of amides is 1. The van der Waals surface area contributed by atoms with E-state index in [9.17, 15) is 4.79 Å². The third-order valence-corrected chi connectivity index (χ3v) is 7.67. The highest BCUT2D eigenvalue weighted by molar-refractivity contribution is 5.94. The number of nitrogens with zero attached hydrogens (tertiary/aromatic N) is 4. The van der Waals surface area contributed by atoms with Crippen molar-refractivity contribution in [1.82, 2.24) is 24.6 Å². The second kappa shape index (κ2) is 8.44. The Morgan fingerprint density at radius 2 is 1.88 bits per heavy atom. The van der Waals surface area contributed by atoms with Crippen molar-refractivity contribution in [3.05, 3.63) is 88.4 Å². The Morgan fingerprint density at radius 1 is 1.09 bits per heavy atom. The number of hydrogen-bond acceptors (Lipinski definition) is 3. The molecular weight excluding hydrogens is 422 g/mol. The molecule has 1 aliphatic heterocycles. The van der Waals surface area contributed by atoms with Crippen molar-refractivity contribution in [3.63, 3.8) is 0 Å². The van der Waals surface area contributed by atoms with Gasteiger partial charge in [-0.15, -0.1) is 0 Å². The predicted octanol–water partition coefficient (Wildman–Crippen LogP) is 4.09. The molecule has 174 valence electrons. The summed E-state index contributed by atoms with van der Waals surface area (Å²) >= 11 is 0. The fourth-order valence-corrected chi connectivity index (χ4v) is 5.89. The lowest BCUT2D eigenvalue weighted by molar-refractivity contribution is 0.0776. The highest BCUT2D eigenvalue weighted by Crippen LogP contribution is 2.33. The van der Waals surface area contributed by atoms with Crippen molar-refractivity contribution < 1.29 is 4.79 Å². The highest BCUT2D eigenvalue weighted by atomic mass is 16.2. The Hall–Kier alpha value is -3.38. The molecule has 2 aliphatic rings. The number of carbonyl (C=O) groups excluding carboxylic acids is 1. The number of aromatic amines is 1. The van der Waals surface area contributed by atoms with Gasteiger partial charge in [0.05, 0.1) is 0 Å². The van der Waals surface area contributed by atoms with Crippen LogP contribution in [0.4, 0.5) is 0 Å². The first kappa shape index (κ1) is 21.2. The van der Waals surface area contributed by atoms with Gasteiger partial charge in [-0.2, -0.15) is 5.10 Å². The highest BCUT2D eigenvalue weighted by Gasteiger charge is 2.33. The van der Waals surface area contributed by atoms with E-state index in [0.29, 0.717) is 18.3 Å². The topological polar surface area (TPSA) is 57.2 Å². The smallest absolute Gasteiger partial charge is 0.274 e. The van der Waals surface area contributed by atoms with Crippen LogP contribution in [0.1, 0.15) is 45.0 Å². The number of carbonyl (C=O) groups is 1. The van der Waals surface area contributed by atoms with Gasteiger partial charge in [-0.1, -0.05) is 48.5 Å². The SMILES string of the molecule is CN(Cc1ccccc1)C(=O)c1nn(C)c2c1C[C@@H](N1CCc3c([nH]c4ccccc34)C1)CC2. The molecule has 1 N–H and O–H groups in total. The van der Waals surface area contributed by atoms with Crippen LogP contribution >= 0.6 is 0 Å². The van der Waals surface area contributed by atoms with Gasteiger partial charge in [-0.3, -0.25) is 14.4 Å². The summed E-state index contributed by atoms with van der Waals surface area (Å²) in [5.41, 5.74) is 8.18. The minimum atomic E-state index is 0.0119. The summed E-state index contributed by atoms with van der Waals surface area (Å²) in [4.78, 5) is 21.5. The number of nitrogens with one attached hydrogen (secondary N) is 1. The summed E-state index contributed by atoms with van der Waals surface area (Å²) in [5.74, 6) is 0.0119. The molecule has 6 rings (SSSR count). The molecule has 0 unspecified atom stereocenters. The fourth-order valence-electron chi connectivity index (χ4n) is 5.89. The van der Waals surface area contributed by atoms with Crippen LogP contribution in [-0.4, -0.2) is 50.1 Å². The van der Waals surface area contributed by atoms with Gasteiger partial charge in [0.15, 0.2) is 5.69 Å². The van der Waals surface area contributed by atoms with Crippen LogP contribution < -0.4 is 0 Å². The normalized spacial score (nSPS) is 18.0. The lowest BCUT2D eigenvalue weighted by Gasteiger charge is -2.37. The van der Waals surface area contributed by atoms with E-state index in [1.807, 2.05) is 37.0 Å². The molecule has 6 heteroatoms. The molecule has 0 saturated carbocycles. The molecule has 0 radical (unpaired) electrons. The Kier molecular flexibility index (Phi) is 5.26. The van der Waals surface area contributed by atoms with Crippen LogP contribution in [0.25, 0.3) is 10.9 Å². The molecule has 0 spiro atoms. The lowest BCUT2D eigenvalue weighted by atomic mass is 9.88. The van der Waals surface area contributed by atoms with Crippen molar-refractivity contribution in [2.24, 2.45) is 7.05 Å². The summed E-state index contributed by atoms with van der Waals surface area (Å²) < 4.78 is 1.93. The van der Waals surface area contributed by atoms with Crippen molar-refractivity contribution in [2.75, 3.05) is 13.6 Å². The Bertz CT molecular complexity index is 1350. The van der Waals surface area contributed by atoms with E-state index in [-0.39, 0.29) is 5.91 Å². The van der Waals surface area contributed by atoms with Crippen molar-refractivity contribution in [1.29, 1.82) is 0 Å². The number of hydrogen-bond donors (Lipinski definition) is 1. The maximum Gasteiger partial charge on any atom is 0.274 e. The first-order valence-electron chi connectivity index (χ1n) is 12.2. The van der Waals surface area contributed by atoms with Crippen LogP contribution in [0.3, 0.4) is 0 Å². The second-order valence-corrected chi connectivity index (χ2v) is 9.79. The maximum absolute atomic E-state index is 13.4. The first-order chi connectivity index (χ1) is 16.6.